The van der Waals surface area contributed by atoms with Crippen LogP contribution in [0.4, 0.5) is 5.69 Å². The highest BCUT2D eigenvalue weighted by Gasteiger charge is 2.15. The summed E-state index contributed by atoms with van der Waals surface area (Å²) in [5.74, 6) is 0.409. The summed E-state index contributed by atoms with van der Waals surface area (Å²) in [5, 5.41) is 12.4. The summed E-state index contributed by atoms with van der Waals surface area (Å²) in [5.41, 5.74) is 0.120. The van der Waals surface area contributed by atoms with E-state index in [0.717, 1.165) is 30.6 Å². The number of hydrogen-bond acceptors (Lipinski definition) is 7. The summed E-state index contributed by atoms with van der Waals surface area (Å²) < 4.78 is 1.59. The fourth-order valence-electron chi connectivity index (χ4n) is 2.37. The number of rotatable bonds is 6. The second-order valence-corrected chi connectivity index (χ2v) is 7.65. The standard InChI is InChI=1S/C17H16ClN5O3S/c1-10(2)5-6-22-15(24)13-4-3-11(18)7-14(13)21-17(22)27-16-19-8-12(9-20-16)23(25)26/h3-4,7-10H,5-6H2,1-2H3. The Kier molecular flexibility index (Phi) is 5.71. The lowest BCUT2D eigenvalue weighted by Gasteiger charge is -2.13. The van der Waals surface area contributed by atoms with E-state index >= 15 is 0 Å². The molecule has 0 aliphatic rings. The van der Waals surface area contributed by atoms with Gasteiger partial charge in [0.15, 0.2) is 10.3 Å². The Bertz CT molecular complexity index is 1050. The van der Waals surface area contributed by atoms with E-state index in [2.05, 4.69) is 28.8 Å². The predicted octanol–water partition coefficient (Wildman–Crippen LogP) is 3.95. The normalized spacial score (nSPS) is 11.3. The summed E-state index contributed by atoms with van der Waals surface area (Å²) in [7, 11) is 0. The van der Waals surface area contributed by atoms with Crippen molar-refractivity contribution < 1.29 is 4.92 Å². The van der Waals surface area contributed by atoms with Gasteiger partial charge in [0.25, 0.3) is 5.56 Å². The topological polar surface area (TPSA) is 104 Å². The number of halogens is 1. The van der Waals surface area contributed by atoms with Crippen LogP contribution in [0.2, 0.25) is 5.02 Å². The van der Waals surface area contributed by atoms with Crippen molar-refractivity contribution >= 4 is 40.0 Å². The Balaban J connectivity index is 2.06. The van der Waals surface area contributed by atoms with Crippen LogP contribution in [0.25, 0.3) is 10.9 Å². The van der Waals surface area contributed by atoms with Crippen LogP contribution in [-0.4, -0.2) is 24.4 Å². The average Bonchev–Trinajstić information content (AvgIpc) is 2.61. The third-order valence-electron chi connectivity index (χ3n) is 3.82. The van der Waals surface area contributed by atoms with Crippen molar-refractivity contribution in [3.63, 3.8) is 0 Å². The van der Waals surface area contributed by atoms with Crippen LogP contribution in [0.5, 0.6) is 0 Å². The van der Waals surface area contributed by atoms with E-state index in [1.165, 1.54) is 0 Å². The van der Waals surface area contributed by atoms with Gasteiger partial charge in [-0.15, -0.1) is 0 Å². The van der Waals surface area contributed by atoms with Crippen molar-refractivity contribution in [2.45, 2.75) is 37.1 Å². The summed E-state index contributed by atoms with van der Waals surface area (Å²) in [6.45, 7) is 4.65. The first-order valence-corrected chi connectivity index (χ1v) is 9.39. The Morgan fingerprint density at radius 1 is 1.30 bits per heavy atom. The number of fused-ring (bicyclic) bond motifs is 1. The quantitative estimate of drug-likeness (QED) is 0.347. The molecular weight excluding hydrogens is 390 g/mol. The Labute approximate surface area is 163 Å². The minimum atomic E-state index is -0.566. The first-order chi connectivity index (χ1) is 12.8. The molecule has 0 atom stereocenters. The molecule has 0 aliphatic carbocycles. The highest BCUT2D eigenvalue weighted by molar-refractivity contribution is 7.99. The summed E-state index contributed by atoms with van der Waals surface area (Å²) >= 11 is 7.11. The third kappa shape index (κ3) is 4.42. The maximum absolute atomic E-state index is 12.9. The highest BCUT2D eigenvalue weighted by Crippen LogP contribution is 2.25. The molecule has 8 nitrogen and oxygen atoms in total. The number of nitro groups is 1. The molecule has 0 amide bonds. The molecule has 3 aromatic rings. The molecule has 3 rings (SSSR count). The maximum Gasteiger partial charge on any atom is 0.305 e. The third-order valence-corrected chi connectivity index (χ3v) is 4.94. The van der Waals surface area contributed by atoms with E-state index in [4.69, 9.17) is 11.6 Å². The van der Waals surface area contributed by atoms with Crippen LogP contribution < -0.4 is 5.56 Å². The highest BCUT2D eigenvalue weighted by atomic mass is 35.5. The van der Waals surface area contributed by atoms with Gasteiger partial charge in [0.05, 0.1) is 15.8 Å². The summed E-state index contributed by atoms with van der Waals surface area (Å²) in [6.07, 6.45) is 3.06. The van der Waals surface area contributed by atoms with Gasteiger partial charge < -0.3 is 0 Å². The van der Waals surface area contributed by atoms with E-state index in [9.17, 15) is 14.9 Å². The molecule has 0 bridgehead atoms. The van der Waals surface area contributed by atoms with Gasteiger partial charge in [0, 0.05) is 11.6 Å². The molecule has 27 heavy (non-hydrogen) atoms. The molecule has 0 radical (unpaired) electrons. The molecule has 2 heterocycles. The minimum Gasteiger partial charge on any atom is -0.287 e. The molecule has 0 fully saturated rings. The summed E-state index contributed by atoms with van der Waals surface area (Å²) in [6, 6.07) is 4.95. The van der Waals surface area contributed by atoms with Crippen LogP contribution in [-0.2, 0) is 6.54 Å². The van der Waals surface area contributed by atoms with Crippen molar-refractivity contribution in [3.8, 4) is 0 Å². The van der Waals surface area contributed by atoms with Gasteiger partial charge in [-0.25, -0.2) is 15.0 Å². The van der Waals surface area contributed by atoms with Gasteiger partial charge in [-0.05, 0) is 42.3 Å². The second-order valence-electron chi connectivity index (χ2n) is 6.28. The lowest BCUT2D eigenvalue weighted by Crippen LogP contribution is -2.24. The van der Waals surface area contributed by atoms with Gasteiger partial charge in [-0.2, -0.15) is 0 Å². The molecular formula is C17H16ClN5O3S. The van der Waals surface area contributed by atoms with E-state index in [1.807, 2.05) is 0 Å². The smallest absolute Gasteiger partial charge is 0.287 e. The zero-order chi connectivity index (χ0) is 19.6. The Morgan fingerprint density at radius 3 is 2.63 bits per heavy atom. The molecule has 140 valence electrons. The molecule has 10 heteroatoms. The Morgan fingerprint density at radius 2 is 2.00 bits per heavy atom. The van der Waals surface area contributed by atoms with Crippen molar-refractivity contribution in [1.82, 2.24) is 19.5 Å². The first kappa shape index (κ1) is 19.2. The lowest BCUT2D eigenvalue weighted by atomic mass is 10.1. The molecule has 0 N–H and O–H groups in total. The van der Waals surface area contributed by atoms with Crippen LogP contribution in [0.1, 0.15) is 20.3 Å². The average molecular weight is 406 g/mol. The zero-order valence-corrected chi connectivity index (χ0v) is 16.2. The predicted molar refractivity (Wildman–Crippen MR) is 103 cm³/mol. The minimum absolute atomic E-state index is 0.165. The van der Waals surface area contributed by atoms with Crippen molar-refractivity contribution in [2.24, 2.45) is 5.92 Å². The Hall–Kier alpha value is -2.52. The SMILES string of the molecule is CC(C)CCn1c(Sc2ncc([N+](=O)[O-])cn2)nc2cc(Cl)ccc2c1=O. The van der Waals surface area contributed by atoms with E-state index < -0.39 is 4.92 Å². The van der Waals surface area contributed by atoms with Gasteiger partial charge in [0.2, 0.25) is 0 Å². The van der Waals surface area contributed by atoms with Gasteiger partial charge in [-0.1, -0.05) is 25.4 Å². The van der Waals surface area contributed by atoms with E-state index in [0.29, 0.717) is 33.5 Å². The summed E-state index contributed by atoms with van der Waals surface area (Å²) in [4.78, 5) is 35.7. The number of aromatic nitrogens is 4. The fraction of sp³-hybridized carbons (Fsp3) is 0.294. The molecule has 0 unspecified atom stereocenters. The van der Waals surface area contributed by atoms with Gasteiger partial charge >= 0.3 is 5.69 Å². The van der Waals surface area contributed by atoms with Gasteiger partial charge in [-0.3, -0.25) is 19.5 Å². The number of hydrogen-bond donors (Lipinski definition) is 0. The molecule has 0 saturated heterocycles. The molecule has 2 aromatic heterocycles. The first-order valence-electron chi connectivity index (χ1n) is 8.19. The second kappa shape index (κ2) is 8.01. The monoisotopic (exact) mass is 405 g/mol. The van der Waals surface area contributed by atoms with Crippen molar-refractivity contribution in [3.05, 3.63) is 56.1 Å². The maximum atomic E-state index is 12.9. The van der Waals surface area contributed by atoms with Crippen LogP contribution in [0.3, 0.4) is 0 Å². The van der Waals surface area contributed by atoms with Crippen LogP contribution in [0, 0.1) is 16.0 Å². The largest absolute Gasteiger partial charge is 0.305 e. The number of nitrogens with zero attached hydrogens (tertiary/aromatic N) is 5. The van der Waals surface area contributed by atoms with Crippen LogP contribution >= 0.6 is 23.4 Å². The molecule has 1 aromatic carbocycles. The fourth-order valence-corrected chi connectivity index (χ4v) is 3.34. The van der Waals surface area contributed by atoms with Crippen molar-refractivity contribution in [2.75, 3.05) is 0 Å². The molecule has 0 spiro atoms. The van der Waals surface area contributed by atoms with E-state index in [-0.39, 0.29) is 16.4 Å². The molecule has 0 aliphatic heterocycles. The van der Waals surface area contributed by atoms with E-state index in [1.54, 1.807) is 22.8 Å². The van der Waals surface area contributed by atoms with Crippen LogP contribution in [0.15, 0.2) is 45.7 Å². The van der Waals surface area contributed by atoms with Gasteiger partial charge in [0.1, 0.15) is 12.4 Å². The van der Waals surface area contributed by atoms with Crippen molar-refractivity contribution in [1.29, 1.82) is 0 Å². The molecule has 0 saturated carbocycles. The number of benzene rings is 1. The zero-order valence-electron chi connectivity index (χ0n) is 14.6. The lowest BCUT2D eigenvalue weighted by molar-refractivity contribution is -0.385.